The first kappa shape index (κ1) is 19.5. The van der Waals surface area contributed by atoms with Gasteiger partial charge in [0.2, 0.25) is 0 Å². The molecule has 144 valence electrons. The second-order valence-electron chi connectivity index (χ2n) is 5.99. The smallest absolute Gasteiger partial charge is 0.326 e. The Kier molecular flexibility index (Phi) is 5.41. The minimum atomic E-state index is -1.19. The average molecular weight is 405 g/mol. The highest BCUT2D eigenvalue weighted by Gasteiger charge is 2.37. The number of amides is 2. The first-order valence-electron chi connectivity index (χ1n) is 8.18. The molecule has 7 nitrogen and oxygen atoms in total. The molecular formula is C19H14ClFN2O5. The van der Waals surface area contributed by atoms with Crippen molar-refractivity contribution in [3.8, 4) is 0 Å². The van der Waals surface area contributed by atoms with Crippen LogP contribution in [0.25, 0.3) is 0 Å². The summed E-state index contributed by atoms with van der Waals surface area (Å²) in [6, 6.07) is 9.88. The van der Waals surface area contributed by atoms with E-state index in [2.05, 4.69) is 5.32 Å². The normalized spacial score (nSPS) is 13.9. The summed E-state index contributed by atoms with van der Waals surface area (Å²) < 4.78 is 18.2. The fraction of sp³-hybridized carbons (Fsp3) is 0.158. The number of halogens is 2. The average Bonchev–Trinajstić information content (AvgIpc) is 2.90. The van der Waals surface area contributed by atoms with Crippen LogP contribution in [0, 0.1) is 5.82 Å². The molecule has 9 heteroatoms. The van der Waals surface area contributed by atoms with Crippen molar-refractivity contribution < 1.29 is 28.3 Å². The van der Waals surface area contributed by atoms with Crippen LogP contribution < -0.4 is 10.2 Å². The molecule has 1 aliphatic heterocycles. The van der Waals surface area contributed by atoms with Gasteiger partial charge in [0.1, 0.15) is 12.4 Å². The predicted octanol–water partition coefficient (Wildman–Crippen LogP) is 2.58. The number of benzene rings is 2. The summed E-state index contributed by atoms with van der Waals surface area (Å²) in [5.74, 6) is -3.71. The molecule has 2 aromatic rings. The van der Waals surface area contributed by atoms with Crippen molar-refractivity contribution in [2.24, 2.45) is 0 Å². The molecule has 0 bridgehead atoms. The Morgan fingerprint density at radius 1 is 1.21 bits per heavy atom. The molecule has 3 rings (SSSR count). The third kappa shape index (κ3) is 3.86. The Morgan fingerprint density at radius 2 is 1.93 bits per heavy atom. The van der Waals surface area contributed by atoms with E-state index in [1.165, 1.54) is 25.1 Å². The van der Waals surface area contributed by atoms with Crippen LogP contribution in [-0.4, -0.2) is 36.2 Å². The van der Waals surface area contributed by atoms with Crippen molar-refractivity contribution in [1.29, 1.82) is 0 Å². The molecule has 0 radical (unpaired) electrons. The van der Waals surface area contributed by atoms with E-state index in [1.807, 2.05) is 0 Å². The fourth-order valence-electron chi connectivity index (χ4n) is 2.64. The van der Waals surface area contributed by atoms with Crippen molar-refractivity contribution >= 4 is 46.5 Å². The second kappa shape index (κ2) is 7.77. The van der Waals surface area contributed by atoms with Crippen molar-refractivity contribution in [3.05, 3.63) is 58.9 Å². The molecular weight excluding hydrogens is 391 g/mol. The van der Waals surface area contributed by atoms with Crippen LogP contribution in [0.5, 0.6) is 0 Å². The quantitative estimate of drug-likeness (QED) is 0.610. The lowest BCUT2D eigenvalue weighted by Gasteiger charge is -2.18. The SMILES string of the molecule is C[C@@H](OC(=O)CN1C(=O)C(=O)c2ccccc21)C(=O)Nc1ccc(F)c(Cl)c1. The summed E-state index contributed by atoms with van der Waals surface area (Å²) in [6.45, 7) is 0.824. The predicted molar refractivity (Wildman–Crippen MR) is 98.7 cm³/mol. The highest BCUT2D eigenvalue weighted by atomic mass is 35.5. The van der Waals surface area contributed by atoms with E-state index in [0.29, 0.717) is 5.69 Å². The van der Waals surface area contributed by atoms with E-state index in [1.54, 1.807) is 18.2 Å². The molecule has 1 atom stereocenters. The topological polar surface area (TPSA) is 92.8 Å². The number of ether oxygens (including phenoxy) is 1. The molecule has 0 saturated heterocycles. The Labute approximate surface area is 164 Å². The number of hydrogen-bond acceptors (Lipinski definition) is 5. The molecule has 0 saturated carbocycles. The van der Waals surface area contributed by atoms with Gasteiger partial charge in [0.15, 0.2) is 6.10 Å². The summed E-state index contributed by atoms with van der Waals surface area (Å²) in [7, 11) is 0. The minimum Gasteiger partial charge on any atom is -0.451 e. The van der Waals surface area contributed by atoms with Crippen molar-refractivity contribution in [1.82, 2.24) is 0 Å². The van der Waals surface area contributed by atoms with Gasteiger partial charge >= 0.3 is 5.97 Å². The van der Waals surface area contributed by atoms with E-state index in [4.69, 9.17) is 16.3 Å². The summed E-state index contributed by atoms with van der Waals surface area (Å²) >= 11 is 5.65. The maximum atomic E-state index is 13.2. The molecule has 0 unspecified atom stereocenters. The number of para-hydroxylation sites is 1. The van der Waals surface area contributed by atoms with E-state index >= 15 is 0 Å². The Bertz CT molecular complexity index is 994. The van der Waals surface area contributed by atoms with E-state index in [0.717, 1.165) is 11.0 Å². The number of anilines is 2. The minimum absolute atomic E-state index is 0.168. The van der Waals surface area contributed by atoms with Gasteiger partial charge in [0.25, 0.3) is 17.6 Å². The number of nitrogens with one attached hydrogen (secondary N) is 1. The van der Waals surface area contributed by atoms with Crippen LogP contribution >= 0.6 is 11.6 Å². The number of Topliss-reactive ketones (excluding diaryl/α,β-unsaturated/α-hetero) is 1. The molecule has 1 heterocycles. The van der Waals surface area contributed by atoms with Crippen molar-refractivity contribution in [2.45, 2.75) is 13.0 Å². The van der Waals surface area contributed by atoms with Gasteiger partial charge in [-0.1, -0.05) is 23.7 Å². The van der Waals surface area contributed by atoms with E-state index < -0.39 is 42.0 Å². The molecule has 1 aliphatic rings. The lowest BCUT2D eigenvalue weighted by Crippen LogP contribution is -2.38. The third-order valence-corrected chi connectivity index (χ3v) is 4.32. The lowest BCUT2D eigenvalue weighted by molar-refractivity contribution is -0.152. The Morgan fingerprint density at radius 3 is 2.64 bits per heavy atom. The van der Waals surface area contributed by atoms with Crippen LogP contribution in [0.2, 0.25) is 5.02 Å². The number of carbonyl (C=O) groups excluding carboxylic acids is 4. The highest BCUT2D eigenvalue weighted by molar-refractivity contribution is 6.52. The van der Waals surface area contributed by atoms with Gasteiger partial charge in [-0.3, -0.25) is 24.1 Å². The Hall–Kier alpha value is -3.26. The number of hydrogen-bond donors (Lipinski definition) is 1. The van der Waals surface area contributed by atoms with Crippen molar-refractivity contribution in [3.63, 3.8) is 0 Å². The molecule has 28 heavy (non-hydrogen) atoms. The summed E-state index contributed by atoms with van der Waals surface area (Å²) in [5.41, 5.74) is 0.750. The molecule has 0 aliphatic carbocycles. The molecule has 2 aromatic carbocycles. The molecule has 0 spiro atoms. The van der Waals surface area contributed by atoms with Gasteiger partial charge in [-0.2, -0.15) is 0 Å². The molecule has 1 N–H and O–H groups in total. The monoisotopic (exact) mass is 404 g/mol. The number of ketones is 1. The van der Waals surface area contributed by atoms with Gasteiger partial charge in [-0.25, -0.2) is 4.39 Å². The van der Waals surface area contributed by atoms with Crippen LogP contribution in [-0.2, 0) is 19.1 Å². The zero-order valence-corrected chi connectivity index (χ0v) is 15.3. The number of rotatable bonds is 5. The maximum Gasteiger partial charge on any atom is 0.326 e. The summed E-state index contributed by atoms with van der Waals surface area (Å²) in [4.78, 5) is 49.3. The number of nitrogens with zero attached hydrogens (tertiary/aromatic N) is 1. The van der Waals surface area contributed by atoms with Gasteiger partial charge in [-0.15, -0.1) is 0 Å². The number of esters is 1. The second-order valence-corrected chi connectivity index (χ2v) is 6.39. The van der Waals surface area contributed by atoms with Crippen LogP contribution in [0.1, 0.15) is 17.3 Å². The third-order valence-electron chi connectivity index (χ3n) is 4.03. The molecule has 0 aromatic heterocycles. The zero-order chi connectivity index (χ0) is 20.4. The van der Waals surface area contributed by atoms with Gasteiger partial charge < -0.3 is 10.1 Å². The van der Waals surface area contributed by atoms with Gasteiger partial charge in [0.05, 0.1) is 16.3 Å². The highest BCUT2D eigenvalue weighted by Crippen LogP contribution is 2.28. The first-order chi connectivity index (χ1) is 13.3. The van der Waals surface area contributed by atoms with Crippen LogP contribution in [0.15, 0.2) is 42.5 Å². The summed E-state index contributed by atoms with van der Waals surface area (Å²) in [5, 5.41) is 2.27. The Balaban J connectivity index is 1.61. The van der Waals surface area contributed by atoms with Crippen LogP contribution in [0.4, 0.5) is 15.8 Å². The largest absolute Gasteiger partial charge is 0.451 e. The van der Waals surface area contributed by atoms with Crippen LogP contribution in [0.3, 0.4) is 0 Å². The van der Waals surface area contributed by atoms with Gasteiger partial charge in [-0.05, 0) is 37.3 Å². The standard InChI is InChI=1S/C19H14ClFN2O5/c1-10(18(26)22-11-6-7-14(21)13(20)8-11)28-16(24)9-23-15-5-3-2-4-12(15)17(25)19(23)27/h2-8,10H,9H2,1H3,(H,22,26)/t10-/m1/s1. The first-order valence-corrected chi connectivity index (χ1v) is 8.56. The zero-order valence-electron chi connectivity index (χ0n) is 14.6. The summed E-state index contributed by atoms with van der Waals surface area (Å²) in [6.07, 6.45) is -1.19. The van der Waals surface area contributed by atoms with Crippen molar-refractivity contribution in [2.75, 3.05) is 16.8 Å². The fourth-order valence-corrected chi connectivity index (χ4v) is 2.82. The molecule has 2 amide bonds. The lowest BCUT2D eigenvalue weighted by atomic mass is 10.1. The van der Waals surface area contributed by atoms with E-state index in [9.17, 15) is 23.6 Å². The van der Waals surface area contributed by atoms with Gasteiger partial charge in [0, 0.05) is 5.69 Å². The molecule has 0 fully saturated rings. The maximum absolute atomic E-state index is 13.2. The number of fused-ring (bicyclic) bond motifs is 1. The van der Waals surface area contributed by atoms with E-state index in [-0.39, 0.29) is 16.3 Å². The number of carbonyl (C=O) groups is 4.